The fourth-order valence-electron chi connectivity index (χ4n) is 7.51. The molecule has 370 valence electrons. The number of carbonyl (C=O) groups excluding carboxylic acids is 2. The molecule has 0 spiro atoms. The number of nitrogens with zero attached hydrogens (tertiary/aromatic N) is 4. The summed E-state index contributed by atoms with van der Waals surface area (Å²) in [6.45, 7) is 35.8. The number of aromatic nitrogens is 2. The van der Waals surface area contributed by atoms with E-state index in [1.54, 1.807) is 36.7 Å². The average molecular weight is 1160 g/mol. The van der Waals surface area contributed by atoms with Crippen LogP contribution in [0.2, 0.25) is 0 Å². The molecular formula is C57H82N4O6U. The second-order valence-corrected chi connectivity index (χ2v) is 16.1. The van der Waals surface area contributed by atoms with Gasteiger partial charge in [0.15, 0.2) is 0 Å². The standard InChI is InChI=1S/C27H30N2O3.C22H28N2O3.4C2H6.U/c1-4-14-31-23-12-13-28-24(16-23)26(30)29-18-27(3,19-29)22-10-11-25(20(2)15-22)32-17-21-8-6-5-7-9-21;1-5-11-27-18-9-10-23-19(13-18)21(25)24-14-22(4,15-24)17-7-8-20(26-6-2)16(3)12-17;4*1-2;/h5-13,15-16H,4,14,17-19H2,1-3H3;7-10,12-13H,5-6,11,14-15H2,1-4H3;4*1-2H3;. The summed E-state index contributed by atoms with van der Waals surface area (Å²) in [6, 6.07) is 29.8. The van der Waals surface area contributed by atoms with Crippen LogP contribution in [0.4, 0.5) is 0 Å². The summed E-state index contributed by atoms with van der Waals surface area (Å²) >= 11 is 0. The van der Waals surface area contributed by atoms with Gasteiger partial charge in [-0.3, -0.25) is 19.6 Å². The van der Waals surface area contributed by atoms with Crippen molar-refractivity contribution in [2.75, 3.05) is 46.0 Å². The Morgan fingerprint density at radius 2 is 0.941 bits per heavy atom. The van der Waals surface area contributed by atoms with Gasteiger partial charge in [0.2, 0.25) is 0 Å². The van der Waals surface area contributed by atoms with Crippen LogP contribution in [0.25, 0.3) is 0 Å². The Morgan fingerprint density at radius 3 is 1.31 bits per heavy atom. The first-order chi connectivity index (χ1) is 32.4. The Morgan fingerprint density at radius 1 is 0.544 bits per heavy atom. The van der Waals surface area contributed by atoms with Crippen molar-refractivity contribution in [2.45, 2.75) is 134 Å². The molecule has 2 aliphatic heterocycles. The Balaban J connectivity index is 0.000000592. The van der Waals surface area contributed by atoms with Crippen LogP contribution in [0.15, 0.2) is 103 Å². The molecule has 0 aliphatic carbocycles. The molecule has 0 unspecified atom stereocenters. The molecule has 4 heterocycles. The van der Waals surface area contributed by atoms with E-state index < -0.39 is 0 Å². The first kappa shape index (κ1) is 61.2. The summed E-state index contributed by atoms with van der Waals surface area (Å²) in [5.41, 5.74) is 6.59. The van der Waals surface area contributed by atoms with E-state index in [0.29, 0.717) is 75.5 Å². The van der Waals surface area contributed by atoms with E-state index in [1.165, 1.54) is 11.1 Å². The van der Waals surface area contributed by atoms with Gasteiger partial charge in [0, 0.05) is 92.6 Å². The Hall–Kier alpha value is -4.85. The van der Waals surface area contributed by atoms with Gasteiger partial charge in [-0.2, -0.15) is 0 Å². The van der Waals surface area contributed by atoms with E-state index in [4.69, 9.17) is 18.9 Å². The number of hydrogen-bond donors (Lipinski definition) is 0. The van der Waals surface area contributed by atoms with Crippen LogP contribution in [0.3, 0.4) is 0 Å². The summed E-state index contributed by atoms with van der Waals surface area (Å²) in [4.78, 5) is 37.8. The van der Waals surface area contributed by atoms with Crippen LogP contribution < -0.4 is 18.9 Å². The van der Waals surface area contributed by atoms with Gasteiger partial charge >= 0.3 is 0 Å². The second-order valence-electron chi connectivity index (χ2n) is 16.1. The SMILES string of the molecule is CC.CC.CC.CC.CCCOc1ccnc(C(=O)N2CC(C)(c3ccc(OCC)c(C)c3)C2)c1.CCCOc1ccnc(C(=O)N2CC(C)(c3ccc(OCc4ccccc4)c(C)c3)C2)c1.[U]. The Kier molecular flexibility index (Phi) is 28.8. The number of rotatable bonds is 15. The van der Waals surface area contributed by atoms with Crippen molar-refractivity contribution in [3.8, 4) is 23.0 Å². The smallest absolute Gasteiger partial charge is 0.272 e. The quantitative estimate of drug-likeness (QED) is 0.102. The number of hydrogen-bond acceptors (Lipinski definition) is 8. The Bertz CT molecular complexity index is 2210. The van der Waals surface area contributed by atoms with E-state index in [9.17, 15) is 9.59 Å². The fraction of sp³-hybridized carbons (Fsp3) is 0.474. The molecule has 11 heteroatoms. The summed E-state index contributed by atoms with van der Waals surface area (Å²) in [7, 11) is 0. The zero-order valence-corrected chi connectivity index (χ0v) is 48.3. The average Bonchev–Trinajstić information content (AvgIpc) is 3.36. The maximum absolute atomic E-state index is 12.9. The zero-order chi connectivity index (χ0) is 50.0. The van der Waals surface area contributed by atoms with Gasteiger partial charge in [-0.15, -0.1) is 0 Å². The normalized spacial score (nSPS) is 13.2. The molecular weight excluding hydrogens is 1070 g/mol. The fourth-order valence-corrected chi connectivity index (χ4v) is 7.51. The first-order valence-corrected chi connectivity index (χ1v) is 24.7. The van der Waals surface area contributed by atoms with Gasteiger partial charge in [-0.25, -0.2) is 0 Å². The van der Waals surface area contributed by atoms with Gasteiger partial charge in [-0.05, 0) is 85.7 Å². The maximum atomic E-state index is 12.9. The molecule has 0 saturated carbocycles. The molecule has 0 radical (unpaired) electrons. The van der Waals surface area contributed by atoms with Crippen molar-refractivity contribution in [3.05, 3.63) is 143 Å². The number of aryl methyl sites for hydroxylation is 2. The third-order valence-electron chi connectivity index (χ3n) is 10.9. The molecule has 2 saturated heterocycles. The van der Waals surface area contributed by atoms with Crippen molar-refractivity contribution in [3.63, 3.8) is 0 Å². The van der Waals surface area contributed by atoms with Crippen molar-refractivity contribution in [2.24, 2.45) is 0 Å². The van der Waals surface area contributed by atoms with Crippen LogP contribution in [0.5, 0.6) is 23.0 Å². The van der Waals surface area contributed by atoms with Gasteiger partial charge < -0.3 is 28.7 Å². The van der Waals surface area contributed by atoms with Crippen molar-refractivity contribution in [1.29, 1.82) is 0 Å². The van der Waals surface area contributed by atoms with Crippen molar-refractivity contribution in [1.82, 2.24) is 19.8 Å². The predicted molar refractivity (Wildman–Crippen MR) is 276 cm³/mol. The maximum Gasteiger partial charge on any atom is 0.272 e. The number of carbonyl (C=O) groups is 2. The minimum atomic E-state index is -0.0747. The molecule has 68 heavy (non-hydrogen) atoms. The number of likely N-dealkylation sites (tertiary alicyclic amines) is 2. The summed E-state index contributed by atoms with van der Waals surface area (Å²) in [5, 5.41) is 0. The number of ether oxygens (including phenoxy) is 4. The van der Waals surface area contributed by atoms with Crippen LogP contribution in [-0.2, 0) is 17.4 Å². The molecule has 2 aliphatic rings. The molecule has 10 nitrogen and oxygen atoms in total. The van der Waals surface area contributed by atoms with Crippen LogP contribution >= 0.6 is 0 Å². The van der Waals surface area contributed by atoms with E-state index in [2.05, 4.69) is 87.9 Å². The molecule has 0 N–H and O–H groups in total. The summed E-state index contributed by atoms with van der Waals surface area (Å²) < 4.78 is 22.9. The van der Waals surface area contributed by atoms with E-state index in [0.717, 1.165) is 41.0 Å². The molecule has 7 rings (SSSR count). The monoisotopic (exact) mass is 1160 g/mol. The third-order valence-corrected chi connectivity index (χ3v) is 10.9. The van der Waals surface area contributed by atoms with Gasteiger partial charge in [0.1, 0.15) is 41.0 Å². The minimum absolute atomic E-state index is 0. The number of amides is 2. The van der Waals surface area contributed by atoms with Crippen molar-refractivity contribution >= 4 is 11.8 Å². The van der Waals surface area contributed by atoms with Crippen LogP contribution in [0.1, 0.15) is 152 Å². The molecule has 0 atom stereocenters. The second kappa shape index (κ2) is 32.1. The Labute approximate surface area is 434 Å². The van der Waals surface area contributed by atoms with Gasteiger partial charge in [0.05, 0.1) is 19.8 Å². The van der Waals surface area contributed by atoms with Crippen LogP contribution in [0, 0.1) is 45.0 Å². The molecule has 5 aromatic rings. The van der Waals surface area contributed by atoms with E-state index in [1.807, 2.05) is 102 Å². The summed E-state index contributed by atoms with van der Waals surface area (Å²) in [6.07, 6.45) is 5.12. The topological polar surface area (TPSA) is 103 Å². The number of benzene rings is 3. The molecule has 2 amide bonds. The predicted octanol–water partition coefficient (Wildman–Crippen LogP) is 13.3. The van der Waals surface area contributed by atoms with Crippen molar-refractivity contribution < 1.29 is 59.6 Å². The first-order valence-electron chi connectivity index (χ1n) is 24.7. The molecule has 2 aromatic heterocycles. The number of pyridine rings is 2. The molecule has 0 bridgehead atoms. The zero-order valence-electron chi connectivity index (χ0n) is 44.1. The minimum Gasteiger partial charge on any atom is -0.494 e. The largest absolute Gasteiger partial charge is 0.494 e. The van der Waals surface area contributed by atoms with E-state index in [-0.39, 0.29) is 53.8 Å². The molecule has 2 fully saturated rings. The van der Waals surface area contributed by atoms with Gasteiger partial charge in [0.25, 0.3) is 11.8 Å². The third kappa shape index (κ3) is 17.3. The van der Waals surface area contributed by atoms with Gasteiger partial charge in [-0.1, -0.05) is 138 Å². The van der Waals surface area contributed by atoms with Crippen LogP contribution in [-0.4, -0.2) is 77.6 Å². The molecule has 3 aromatic carbocycles. The summed E-state index contributed by atoms with van der Waals surface area (Å²) in [5.74, 6) is 3.10. The van der Waals surface area contributed by atoms with E-state index >= 15 is 0 Å².